The van der Waals surface area contributed by atoms with E-state index in [4.69, 9.17) is 17.3 Å². The number of thiocarbonyl (C=S) groups is 1. The smallest absolute Gasteiger partial charge is 0.323 e. The zero-order chi connectivity index (χ0) is 33.9. The lowest BCUT2D eigenvalue weighted by molar-refractivity contribution is -0.141. The second-order valence-corrected chi connectivity index (χ2v) is 14.2. The van der Waals surface area contributed by atoms with Crippen LogP contribution in [-0.4, -0.2) is 79.3 Å². The largest absolute Gasteiger partial charge is 0.480 e. The van der Waals surface area contributed by atoms with Crippen molar-refractivity contribution in [2.45, 2.75) is 29.9 Å². The summed E-state index contributed by atoms with van der Waals surface area (Å²) >= 11 is 11.3. The fourth-order valence-electron chi connectivity index (χ4n) is 4.41. The molecule has 2 aromatic rings. The number of carbonyl (C=O) groups excluding carboxylic acids is 2. The van der Waals surface area contributed by atoms with Crippen LogP contribution < -0.4 is 4.90 Å². The summed E-state index contributed by atoms with van der Waals surface area (Å²) < 4.78 is 33.9. The van der Waals surface area contributed by atoms with Gasteiger partial charge in [-0.2, -0.15) is 8.42 Å². The van der Waals surface area contributed by atoms with Crippen molar-refractivity contribution in [3.05, 3.63) is 86.3 Å². The number of carboxylic acids is 2. The molecule has 2 aliphatic heterocycles. The number of hydrogen-bond donors (Lipinski definition) is 5. The number of aliphatic hydroxyl groups excluding tert-OH is 1. The van der Waals surface area contributed by atoms with Crippen molar-refractivity contribution in [3.8, 4) is 0 Å². The lowest BCUT2D eigenvalue weighted by Gasteiger charge is -2.23. The topological polar surface area (TPSA) is 193 Å². The molecular weight excluding hydrogens is 699 g/mol. The fourth-order valence-corrected chi connectivity index (χ4v) is 7.88. The summed E-state index contributed by atoms with van der Waals surface area (Å²) in [5.74, 6) is -4.42. The Labute approximate surface area is 282 Å². The van der Waals surface area contributed by atoms with Gasteiger partial charge in [-0.1, -0.05) is 66.1 Å². The van der Waals surface area contributed by atoms with E-state index in [1.54, 1.807) is 42.2 Å². The van der Waals surface area contributed by atoms with E-state index in [9.17, 15) is 42.4 Å². The number of carbonyl (C=O) groups is 4. The molecule has 46 heavy (non-hydrogen) atoms. The molecule has 13 nitrogen and oxygen atoms in total. The summed E-state index contributed by atoms with van der Waals surface area (Å²) in [6.45, 7) is -0.181. The average molecular weight is 724 g/mol. The Bertz CT molecular complexity index is 1860. The molecule has 2 amide bonds. The number of carboxylic acid groups (broad SMARTS) is 2. The van der Waals surface area contributed by atoms with E-state index in [1.165, 1.54) is 30.0 Å². The van der Waals surface area contributed by atoms with Crippen molar-refractivity contribution in [1.82, 2.24) is 9.80 Å². The predicted octanol–water partition coefficient (Wildman–Crippen LogP) is 3.28. The Hall–Kier alpha value is -3.65. The molecule has 2 aliphatic rings. The number of anilines is 1. The van der Waals surface area contributed by atoms with E-state index in [2.05, 4.69) is 12.6 Å². The summed E-state index contributed by atoms with van der Waals surface area (Å²) in [5, 5.41) is 28.5. The van der Waals surface area contributed by atoms with E-state index in [0.717, 1.165) is 20.8 Å². The maximum absolute atomic E-state index is 13.3. The Balaban J connectivity index is 1.71. The van der Waals surface area contributed by atoms with Gasteiger partial charge in [0.05, 0.1) is 33.8 Å². The number of hydrogen-bond acceptors (Lipinski definition) is 12. The standard InChI is InChI=1S/C28H25N3O10S5/c1-15(6-9-21(33)30(12-22(34)35)26(42)24-25(38)31(13-23(36)37)28(43)45-24)27-29(18-10-16(14-32)7-8-19(18)44-27)11-17-4-2-3-5-20(17)46(39,40)41/h2-10,32,42H,11-14H2,1H3,(H,34,35)(H,36,37)(H,39,40,41)/b9-6?,26-24+,27-15+. The second kappa shape index (κ2) is 14.4. The summed E-state index contributed by atoms with van der Waals surface area (Å²) in [6, 6.07) is 11.2. The van der Waals surface area contributed by atoms with Crippen molar-refractivity contribution in [3.63, 3.8) is 0 Å². The quantitative estimate of drug-likeness (QED) is 0.0982. The molecule has 0 saturated carbocycles. The molecule has 18 heteroatoms. The van der Waals surface area contributed by atoms with Crippen LogP contribution in [0.15, 0.2) is 84.9 Å². The molecule has 4 rings (SSSR count). The monoisotopic (exact) mass is 723 g/mol. The lowest BCUT2D eigenvalue weighted by Crippen LogP contribution is -2.35. The third-order valence-corrected chi connectivity index (χ3v) is 10.8. The maximum Gasteiger partial charge on any atom is 0.323 e. The molecule has 1 saturated heterocycles. The van der Waals surface area contributed by atoms with Crippen molar-refractivity contribution in [2.75, 3.05) is 18.0 Å². The zero-order valence-corrected chi connectivity index (χ0v) is 27.8. The zero-order valence-electron chi connectivity index (χ0n) is 23.7. The van der Waals surface area contributed by atoms with Gasteiger partial charge in [0.25, 0.3) is 21.9 Å². The van der Waals surface area contributed by atoms with Crippen LogP contribution in [0.2, 0.25) is 0 Å². The Morgan fingerprint density at radius 1 is 1.04 bits per heavy atom. The molecule has 242 valence electrons. The third kappa shape index (κ3) is 7.83. The number of benzene rings is 2. The molecule has 0 bridgehead atoms. The van der Waals surface area contributed by atoms with Crippen molar-refractivity contribution in [2.24, 2.45) is 0 Å². The van der Waals surface area contributed by atoms with Crippen molar-refractivity contribution >= 4 is 92.2 Å². The van der Waals surface area contributed by atoms with Gasteiger partial charge >= 0.3 is 11.9 Å². The summed E-state index contributed by atoms with van der Waals surface area (Å²) in [4.78, 5) is 52.5. The van der Waals surface area contributed by atoms with Crippen LogP contribution in [0.25, 0.3) is 0 Å². The Morgan fingerprint density at radius 3 is 2.37 bits per heavy atom. The van der Waals surface area contributed by atoms with Gasteiger partial charge in [0, 0.05) is 11.0 Å². The number of allylic oxidation sites excluding steroid dienone is 2. The summed E-state index contributed by atoms with van der Waals surface area (Å²) in [6.07, 6.45) is 2.49. The third-order valence-electron chi connectivity index (χ3n) is 6.50. The van der Waals surface area contributed by atoms with Crippen LogP contribution in [0.5, 0.6) is 0 Å². The lowest BCUT2D eigenvalue weighted by atomic mass is 10.1. The second-order valence-electron chi connectivity index (χ2n) is 9.68. The number of thioether (sulfide) groups is 2. The highest BCUT2D eigenvalue weighted by molar-refractivity contribution is 8.27. The average Bonchev–Trinajstić information content (AvgIpc) is 3.49. The van der Waals surface area contributed by atoms with Crippen LogP contribution in [0, 0.1) is 0 Å². The summed E-state index contributed by atoms with van der Waals surface area (Å²) in [5.41, 5.74) is 2.03. The molecule has 4 N–H and O–H groups in total. The molecule has 0 unspecified atom stereocenters. The molecule has 0 aliphatic carbocycles. The molecule has 1 fully saturated rings. The normalized spacial score (nSPS) is 17.0. The first-order valence-corrected chi connectivity index (χ1v) is 16.9. The first-order valence-electron chi connectivity index (χ1n) is 13.0. The Morgan fingerprint density at radius 2 is 1.74 bits per heavy atom. The van der Waals surface area contributed by atoms with E-state index in [0.29, 0.717) is 33.6 Å². The number of fused-ring (bicyclic) bond motifs is 1. The highest BCUT2D eigenvalue weighted by atomic mass is 32.2. The van der Waals surface area contributed by atoms with E-state index in [1.807, 2.05) is 0 Å². The van der Waals surface area contributed by atoms with Crippen LogP contribution in [0.1, 0.15) is 18.1 Å². The van der Waals surface area contributed by atoms with Gasteiger partial charge in [-0.15, -0.1) is 12.6 Å². The van der Waals surface area contributed by atoms with Gasteiger partial charge in [-0.05, 0) is 41.8 Å². The Kier molecular flexibility index (Phi) is 11.0. The van der Waals surface area contributed by atoms with Crippen molar-refractivity contribution in [1.29, 1.82) is 0 Å². The first-order chi connectivity index (χ1) is 21.6. The highest BCUT2D eigenvalue weighted by Gasteiger charge is 2.37. The van der Waals surface area contributed by atoms with Crippen LogP contribution in [-0.2, 0) is 42.4 Å². The summed E-state index contributed by atoms with van der Waals surface area (Å²) in [7, 11) is -4.56. The maximum atomic E-state index is 13.3. The minimum absolute atomic E-state index is 0.0105. The molecule has 0 aromatic heterocycles. The first kappa shape index (κ1) is 35.2. The van der Waals surface area contributed by atoms with Gasteiger partial charge in [0.15, 0.2) is 0 Å². The van der Waals surface area contributed by atoms with Gasteiger partial charge in [-0.3, -0.25) is 33.5 Å². The fraction of sp³-hybridized carbons (Fsp3) is 0.179. The van der Waals surface area contributed by atoms with E-state index in [-0.39, 0.29) is 37.9 Å². The molecule has 0 spiro atoms. The number of aliphatic carboxylic acids is 2. The number of rotatable bonds is 11. The number of aliphatic hydroxyl groups is 1. The number of amides is 2. The predicted molar refractivity (Wildman–Crippen MR) is 177 cm³/mol. The number of thiol groups is 1. The van der Waals surface area contributed by atoms with E-state index < -0.39 is 47.0 Å². The van der Waals surface area contributed by atoms with Gasteiger partial charge < -0.3 is 20.2 Å². The SMILES string of the molecule is C/C(C=CC(=O)N(CC(=O)O)/C(S)=C1\SC(=S)N(CC(=O)O)C1=O)=C1\Sc2ccc(CO)cc2N1Cc1ccccc1S(=O)(=O)O. The molecule has 2 aromatic carbocycles. The van der Waals surface area contributed by atoms with Crippen LogP contribution in [0.4, 0.5) is 5.69 Å². The molecular formula is C28H25N3O10S5. The highest BCUT2D eigenvalue weighted by Crippen LogP contribution is 2.49. The van der Waals surface area contributed by atoms with E-state index >= 15 is 0 Å². The minimum Gasteiger partial charge on any atom is -0.480 e. The van der Waals surface area contributed by atoms with Gasteiger partial charge in [0.2, 0.25) is 0 Å². The van der Waals surface area contributed by atoms with Crippen LogP contribution in [0.3, 0.4) is 0 Å². The van der Waals surface area contributed by atoms with Gasteiger partial charge in [-0.25, -0.2) is 0 Å². The molecule has 0 atom stereocenters. The number of nitrogens with zero attached hydrogens (tertiary/aromatic N) is 3. The van der Waals surface area contributed by atoms with Gasteiger partial charge in [0.1, 0.15) is 22.3 Å². The van der Waals surface area contributed by atoms with Crippen molar-refractivity contribution < 1.29 is 47.5 Å². The minimum atomic E-state index is -4.56. The molecule has 0 radical (unpaired) electrons. The molecule has 2 heterocycles. The van der Waals surface area contributed by atoms with Crippen LogP contribution >= 0.6 is 48.4 Å².